The highest BCUT2D eigenvalue weighted by Gasteiger charge is 2.39. The van der Waals surface area contributed by atoms with Crippen molar-refractivity contribution in [3.63, 3.8) is 0 Å². The summed E-state index contributed by atoms with van der Waals surface area (Å²) >= 11 is 0. The van der Waals surface area contributed by atoms with Crippen molar-refractivity contribution in [1.29, 1.82) is 0 Å². The maximum atomic E-state index is 13.6. The Kier molecular flexibility index (Phi) is 4.79. The first-order valence-electron chi connectivity index (χ1n) is 8.14. The topological polar surface area (TPSA) is 82.3 Å². The Bertz CT molecular complexity index is 805. The van der Waals surface area contributed by atoms with Crippen LogP contribution < -0.4 is 5.73 Å². The summed E-state index contributed by atoms with van der Waals surface area (Å²) < 4.78 is 18.4. The Balaban J connectivity index is 1.81. The summed E-state index contributed by atoms with van der Waals surface area (Å²) in [6, 6.07) is 7.84. The molecule has 0 spiro atoms. The molecule has 0 bridgehead atoms. The standard InChI is InChI=1S/C19H19FN2O3/c1-25-19(24)14-4-2-3-13(14)18(23)17-8-6-12(10-22-17)11-5-7-16(21)15(20)9-11/h5-10,13-14H,2-4,21H2,1H3. The van der Waals surface area contributed by atoms with Crippen molar-refractivity contribution in [3.05, 3.63) is 48.0 Å². The summed E-state index contributed by atoms with van der Waals surface area (Å²) in [5, 5.41) is 0. The number of rotatable bonds is 4. The number of benzene rings is 1. The first-order chi connectivity index (χ1) is 12.0. The van der Waals surface area contributed by atoms with Crippen LogP contribution in [-0.2, 0) is 9.53 Å². The zero-order valence-electron chi connectivity index (χ0n) is 13.9. The average Bonchev–Trinajstić information content (AvgIpc) is 3.12. The van der Waals surface area contributed by atoms with Gasteiger partial charge in [-0.15, -0.1) is 0 Å². The van der Waals surface area contributed by atoms with E-state index >= 15 is 0 Å². The molecule has 1 heterocycles. The fourth-order valence-corrected chi connectivity index (χ4v) is 3.31. The van der Waals surface area contributed by atoms with E-state index in [1.54, 1.807) is 18.2 Å². The predicted octanol–water partition coefficient (Wildman–Crippen LogP) is 3.24. The first-order valence-corrected chi connectivity index (χ1v) is 8.14. The van der Waals surface area contributed by atoms with Crippen LogP contribution in [0.2, 0.25) is 0 Å². The Labute approximate surface area is 145 Å². The molecule has 25 heavy (non-hydrogen) atoms. The number of carbonyl (C=O) groups is 2. The van der Waals surface area contributed by atoms with Gasteiger partial charge in [-0.05, 0) is 36.6 Å². The minimum absolute atomic E-state index is 0.0820. The number of nitrogen functional groups attached to an aromatic ring is 1. The van der Waals surface area contributed by atoms with Gasteiger partial charge in [-0.1, -0.05) is 18.6 Å². The molecule has 2 aromatic rings. The molecule has 1 aromatic carbocycles. The summed E-state index contributed by atoms with van der Waals surface area (Å²) in [4.78, 5) is 28.7. The van der Waals surface area contributed by atoms with Crippen LogP contribution in [0.5, 0.6) is 0 Å². The summed E-state index contributed by atoms with van der Waals surface area (Å²) in [6.45, 7) is 0. The van der Waals surface area contributed by atoms with E-state index in [1.165, 1.54) is 25.4 Å². The number of halogens is 1. The Morgan fingerprint density at radius 2 is 1.88 bits per heavy atom. The number of hydrogen-bond donors (Lipinski definition) is 1. The van der Waals surface area contributed by atoms with Crippen LogP contribution in [0.15, 0.2) is 36.5 Å². The van der Waals surface area contributed by atoms with Crippen molar-refractivity contribution < 1.29 is 18.7 Å². The zero-order valence-corrected chi connectivity index (χ0v) is 13.9. The number of ether oxygens (including phenoxy) is 1. The van der Waals surface area contributed by atoms with Crippen molar-refractivity contribution in [3.8, 4) is 11.1 Å². The van der Waals surface area contributed by atoms with E-state index in [-0.39, 0.29) is 23.4 Å². The van der Waals surface area contributed by atoms with Gasteiger partial charge in [0.05, 0.1) is 18.7 Å². The fraction of sp³-hybridized carbons (Fsp3) is 0.316. The van der Waals surface area contributed by atoms with Gasteiger partial charge >= 0.3 is 5.97 Å². The molecule has 1 aliphatic rings. The molecule has 5 nitrogen and oxygen atoms in total. The Morgan fingerprint density at radius 1 is 1.16 bits per heavy atom. The van der Waals surface area contributed by atoms with Crippen molar-refractivity contribution in [1.82, 2.24) is 4.98 Å². The van der Waals surface area contributed by atoms with Crippen molar-refractivity contribution >= 4 is 17.4 Å². The van der Waals surface area contributed by atoms with Gasteiger partial charge < -0.3 is 10.5 Å². The summed E-state index contributed by atoms with van der Waals surface area (Å²) in [5.74, 6) is -1.78. The second kappa shape index (κ2) is 7.01. The lowest BCUT2D eigenvalue weighted by Gasteiger charge is -2.16. The van der Waals surface area contributed by atoms with Gasteiger partial charge in [0, 0.05) is 17.7 Å². The number of pyridine rings is 1. The second-order valence-electron chi connectivity index (χ2n) is 6.20. The monoisotopic (exact) mass is 342 g/mol. The van der Waals surface area contributed by atoms with E-state index in [0.717, 1.165) is 6.42 Å². The van der Waals surface area contributed by atoms with Gasteiger partial charge in [0.25, 0.3) is 0 Å². The molecule has 2 unspecified atom stereocenters. The third-order valence-corrected chi connectivity index (χ3v) is 4.71. The number of hydrogen-bond acceptors (Lipinski definition) is 5. The number of aromatic nitrogens is 1. The summed E-state index contributed by atoms with van der Waals surface area (Å²) in [6.07, 6.45) is 3.66. The molecule has 1 saturated carbocycles. The Morgan fingerprint density at radius 3 is 2.52 bits per heavy atom. The van der Waals surface area contributed by atoms with E-state index < -0.39 is 11.7 Å². The smallest absolute Gasteiger partial charge is 0.309 e. The molecule has 0 aliphatic heterocycles. The number of nitrogens with zero attached hydrogens (tertiary/aromatic N) is 1. The number of nitrogens with two attached hydrogens (primary N) is 1. The number of esters is 1. The van der Waals surface area contributed by atoms with Crippen LogP contribution >= 0.6 is 0 Å². The van der Waals surface area contributed by atoms with Gasteiger partial charge in [0.15, 0.2) is 5.78 Å². The third kappa shape index (κ3) is 3.38. The van der Waals surface area contributed by atoms with Crippen molar-refractivity contribution in [2.45, 2.75) is 19.3 Å². The number of anilines is 1. The number of Topliss-reactive ketones (excluding diaryl/α,β-unsaturated/α-hetero) is 1. The lowest BCUT2D eigenvalue weighted by Crippen LogP contribution is -2.27. The van der Waals surface area contributed by atoms with Gasteiger partial charge in [-0.2, -0.15) is 0 Å². The van der Waals surface area contributed by atoms with Crippen LogP contribution in [0.1, 0.15) is 29.8 Å². The van der Waals surface area contributed by atoms with Gasteiger partial charge in [0.1, 0.15) is 11.5 Å². The molecule has 0 radical (unpaired) electrons. The van der Waals surface area contributed by atoms with E-state index in [9.17, 15) is 14.0 Å². The SMILES string of the molecule is COC(=O)C1CCCC1C(=O)c1ccc(-c2ccc(N)c(F)c2)cn1. The predicted molar refractivity (Wildman–Crippen MR) is 91.2 cm³/mol. The largest absolute Gasteiger partial charge is 0.469 e. The summed E-state index contributed by atoms with van der Waals surface area (Å²) in [7, 11) is 1.33. The van der Waals surface area contributed by atoms with E-state index in [2.05, 4.69) is 4.98 Å². The summed E-state index contributed by atoms with van der Waals surface area (Å²) in [5.41, 5.74) is 7.18. The molecule has 2 N–H and O–H groups in total. The zero-order chi connectivity index (χ0) is 18.0. The van der Waals surface area contributed by atoms with Crippen molar-refractivity contribution in [2.75, 3.05) is 12.8 Å². The van der Waals surface area contributed by atoms with E-state index in [1.807, 2.05) is 0 Å². The number of carbonyl (C=O) groups excluding carboxylic acids is 2. The van der Waals surface area contributed by atoms with E-state index in [0.29, 0.717) is 29.7 Å². The molecule has 6 heteroatoms. The lowest BCUT2D eigenvalue weighted by atomic mass is 9.90. The Hall–Kier alpha value is -2.76. The van der Waals surface area contributed by atoms with Crippen LogP contribution in [-0.4, -0.2) is 23.8 Å². The fourth-order valence-electron chi connectivity index (χ4n) is 3.31. The quantitative estimate of drug-likeness (QED) is 0.524. The number of ketones is 1. The highest BCUT2D eigenvalue weighted by atomic mass is 19.1. The first kappa shape index (κ1) is 17.1. The lowest BCUT2D eigenvalue weighted by molar-refractivity contribution is -0.146. The molecule has 1 aliphatic carbocycles. The highest BCUT2D eigenvalue weighted by Crippen LogP contribution is 2.35. The molecule has 3 rings (SSSR count). The van der Waals surface area contributed by atoms with Crippen LogP contribution in [0.3, 0.4) is 0 Å². The maximum absolute atomic E-state index is 13.6. The van der Waals surface area contributed by atoms with Crippen molar-refractivity contribution in [2.24, 2.45) is 11.8 Å². The highest BCUT2D eigenvalue weighted by molar-refractivity contribution is 5.99. The molecule has 0 saturated heterocycles. The molecule has 130 valence electrons. The molecule has 1 aromatic heterocycles. The van der Waals surface area contributed by atoms with Crippen LogP contribution in [0.25, 0.3) is 11.1 Å². The van der Waals surface area contributed by atoms with Gasteiger partial charge in [-0.3, -0.25) is 14.6 Å². The van der Waals surface area contributed by atoms with Crippen LogP contribution in [0, 0.1) is 17.7 Å². The third-order valence-electron chi connectivity index (χ3n) is 4.71. The normalized spacial score (nSPS) is 19.6. The van der Waals surface area contributed by atoms with Gasteiger partial charge in [0.2, 0.25) is 0 Å². The molecule has 1 fully saturated rings. The van der Waals surface area contributed by atoms with E-state index in [4.69, 9.17) is 10.5 Å². The average molecular weight is 342 g/mol. The molecular formula is C19H19FN2O3. The molecule has 0 amide bonds. The second-order valence-corrected chi connectivity index (χ2v) is 6.20. The van der Waals surface area contributed by atoms with Crippen LogP contribution in [0.4, 0.5) is 10.1 Å². The molecular weight excluding hydrogens is 323 g/mol. The van der Waals surface area contributed by atoms with Gasteiger partial charge in [-0.25, -0.2) is 4.39 Å². The minimum atomic E-state index is -0.496. The molecule has 2 atom stereocenters. The minimum Gasteiger partial charge on any atom is -0.469 e. The maximum Gasteiger partial charge on any atom is 0.309 e. The number of methoxy groups -OCH3 is 1.